The second-order valence-corrected chi connectivity index (χ2v) is 3.15. The first-order valence-electron chi connectivity index (χ1n) is 4.54. The Labute approximate surface area is 75.2 Å². The molecule has 0 fully saturated rings. The lowest BCUT2D eigenvalue weighted by atomic mass is 10.2. The van der Waals surface area contributed by atoms with Gasteiger partial charge >= 0.3 is 0 Å². The summed E-state index contributed by atoms with van der Waals surface area (Å²) in [4.78, 5) is 0. The molecule has 0 aromatic rings. The molecular weight excluding hydrogens is 150 g/mol. The second-order valence-electron chi connectivity index (χ2n) is 3.15. The zero-order valence-corrected chi connectivity index (χ0v) is 8.14. The minimum absolute atomic E-state index is 0.368. The second kappa shape index (κ2) is 7.13. The van der Waals surface area contributed by atoms with Crippen molar-refractivity contribution in [3.05, 3.63) is 11.8 Å². The fourth-order valence-electron chi connectivity index (χ4n) is 1.05. The van der Waals surface area contributed by atoms with Crippen LogP contribution in [0.3, 0.4) is 0 Å². The monoisotopic (exact) mass is 171 g/mol. The predicted molar refractivity (Wildman–Crippen MR) is 53.7 cm³/mol. The van der Waals surface area contributed by atoms with Crippen molar-refractivity contribution in [3.8, 4) is 0 Å². The van der Waals surface area contributed by atoms with Crippen LogP contribution in [-0.4, -0.2) is 19.1 Å². The first-order chi connectivity index (χ1) is 5.66. The van der Waals surface area contributed by atoms with E-state index in [1.165, 1.54) is 0 Å². The molecule has 1 unspecified atom stereocenters. The van der Waals surface area contributed by atoms with Crippen molar-refractivity contribution in [1.29, 1.82) is 0 Å². The summed E-state index contributed by atoms with van der Waals surface area (Å²) in [6, 6.07) is 0.368. The highest BCUT2D eigenvalue weighted by Gasteiger charge is 1.94. The molecule has 3 nitrogen and oxygen atoms in total. The topological polar surface area (TPSA) is 64.1 Å². The Morgan fingerprint density at radius 1 is 1.50 bits per heavy atom. The van der Waals surface area contributed by atoms with E-state index < -0.39 is 0 Å². The average Bonchev–Trinajstić information content (AvgIpc) is 1.97. The molecule has 5 N–H and O–H groups in total. The summed E-state index contributed by atoms with van der Waals surface area (Å²) in [5.74, 6) is 0. The Hall–Kier alpha value is -0.540. The van der Waals surface area contributed by atoms with Crippen molar-refractivity contribution >= 4 is 0 Å². The normalized spacial score (nSPS) is 14.8. The van der Waals surface area contributed by atoms with Gasteiger partial charge in [-0.15, -0.1) is 0 Å². The van der Waals surface area contributed by atoms with Gasteiger partial charge in [-0.3, -0.25) is 0 Å². The number of nitrogens with two attached hydrogens (primary N) is 2. The molecule has 12 heavy (non-hydrogen) atoms. The number of hydrogen-bond donors (Lipinski definition) is 3. The van der Waals surface area contributed by atoms with Gasteiger partial charge in [-0.25, -0.2) is 0 Å². The largest absolute Gasteiger partial charge is 0.402 e. The maximum absolute atomic E-state index is 5.52. The number of nitrogens with one attached hydrogen (secondary N) is 1. The van der Waals surface area contributed by atoms with Crippen molar-refractivity contribution in [1.82, 2.24) is 5.32 Å². The smallest absolute Gasteiger partial charge is 0.0241 e. The third-order valence-corrected chi connectivity index (χ3v) is 1.61. The molecule has 72 valence electrons. The fourth-order valence-corrected chi connectivity index (χ4v) is 1.05. The molecule has 0 spiro atoms. The molecule has 0 aromatic carbocycles. The molecule has 1 atom stereocenters. The lowest BCUT2D eigenvalue weighted by Crippen LogP contribution is -2.26. The van der Waals surface area contributed by atoms with Gasteiger partial charge in [-0.05, 0) is 45.9 Å². The van der Waals surface area contributed by atoms with Crippen molar-refractivity contribution < 1.29 is 0 Å². The van der Waals surface area contributed by atoms with Crippen LogP contribution >= 0.6 is 0 Å². The van der Waals surface area contributed by atoms with Crippen molar-refractivity contribution in [2.45, 2.75) is 32.7 Å². The molecule has 0 aliphatic carbocycles. The molecule has 0 aromatic heterocycles. The van der Waals surface area contributed by atoms with Gasteiger partial charge in [0.25, 0.3) is 0 Å². The first-order valence-corrected chi connectivity index (χ1v) is 4.54. The average molecular weight is 171 g/mol. The Kier molecular flexibility index (Phi) is 6.81. The fraction of sp³-hybridized carbons (Fsp3) is 0.778. The lowest BCUT2D eigenvalue weighted by Gasteiger charge is -2.09. The Morgan fingerprint density at radius 2 is 2.17 bits per heavy atom. The third-order valence-electron chi connectivity index (χ3n) is 1.61. The van der Waals surface area contributed by atoms with Crippen LogP contribution in [0.1, 0.15) is 26.7 Å². The number of rotatable bonds is 6. The van der Waals surface area contributed by atoms with Crippen molar-refractivity contribution in [2.24, 2.45) is 11.5 Å². The summed E-state index contributed by atoms with van der Waals surface area (Å²) in [5.41, 5.74) is 11.8. The van der Waals surface area contributed by atoms with Crippen LogP contribution in [0.25, 0.3) is 0 Å². The highest BCUT2D eigenvalue weighted by molar-refractivity contribution is 4.97. The predicted octanol–water partition coefficient (Wildman–Crippen LogP) is 0.566. The Bertz CT molecular complexity index is 128. The van der Waals surface area contributed by atoms with Gasteiger partial charge in [0.15, 0.2) is 0 Å². The van der Waals surface area contributed by atoms with E-state index in [0.29, 0.717) is 6.04 Å². The minimum atomic E-state index is 0.368. The van der Waals surface area contributed by atoms with Crippen LogP contribution in [0.15, 0.2) is 11.8 Å². The minimum Gasteiger partial charge on any atom is -0.402 e. The van der Waals surface area contributed by atoms with Gasteiger partial charge in [0.2, 0.25) is 0 Å². The maximum atomic E-state index is 5.52. The van der Waals surface area contributed by atoms with Crippen LogP contribution in [0, 0.1) is 0 Å². The molecule has 0 saturated heterocycles. The molecule has 0 heterocycles. The molecule has 0 amide bonds. The van der Waals surface area contributed by atoms with Crippen LogP contribution < -0.4 is 16.8 Å². The summed E-state index contributed by atoms with van der Waals surface area (Å²) in [5, 5.41) is 3.34. The Morgan fingerprint density at radius 3 is 2.67 bits per heavy atom. The number of hydrogen-bond acceptors (Lipinski definition) is 3. The summed E-state index contributed by atoms with van der Waals surface area (Å²) in [6.45, 7) is 5.79. The van der Waals surface area contributed by atoms with Gasteiger partial charge in [0, 0.05) is 11.7 Å². The summed E-state index contributed by atoms with van der Waals surface area (Å²) in [7, 11) is 0. The summed E-state index contributed by atoms with van der Waals surface area (Å²) < 4.78 is 0. The van der Waals surface area contributed by atoms with E-state index in [4.69, 9.17) is 11.5 Å². The zero-order valence-electron chi connectivity index (χ0n) is 8.14. The first kappa shape index (κ1) is 11.5. The van der Waals surface area contributed by atoms with Crippen LogP contribution in [-0.2, 0) is 0 Å². The van der Waals surface area contributed by atoms with Crippen LogP contribution in [0.5, 0.6) is 0 Å². The third kappa shape index (κ3) is 7.57. The van der Waals surface area contributed by atoms with E-state index in [1.54, 1.807) is 0 Å². The van der Waals surface area contributed by atoms with Gasteiger partial charge in [-0.2, -0.15) is 0 Å². The Balaban J connectivity index is 3.32. The van der Waals surface area contributed by atoms with E-state index in [0.717, 1.165) is 31.6 Å². The number of unbranched alkanes of at least 4 members (excludes halogenated alkanes) is 1. The van der Waals surface area contributed by atoms with Gasteiger partial charge in [-0.1, -0.05) is 0 Å². The highest BCUT2D eigenvalue weighted by Crippen LogP contribution is 1.90. The van der Waals surface area contributed by atoms with Gasteiger partial charge in [0.1, 0.15) is 0 Å². The van der Waals surface area contributed by atoms with Gasteiger partial charge < -0.3 is 16.8 Å². The molecular formula is C9H21N3. The molecule has 0 aliphatic rings. The van der Waals surface area contributed by atoms with Crippen molar-refractivity contribution in [3.63, 3.8) is 0 Å². The molecule has 0 rings (SSSR count). The lowest BCUT2D eigenvalue weighted by molar-refractivity contribution is 0.589. The summed E-state index contributed by atoms with van der Waals surface area (Å²) in [6.07, 6.45) is 4.24. The van der Waals surface area contributed by atoms with E-state index in [-0.39, 0.29) is 0 Å². The van der Waals surface area contributed by atoms with E-state index in [1.807, 2.05) is 13.0 Å². The SMILES string of the molecule is C/C(N)=C\C(C)NCCCCN. The van der Waals surface area contributed by atoms with Crippen molar-refractivity contribution in [2.75, 3.05) is 13.1 Å². The molecule has 0 bridgehead atoms. The highest BCUT2D eigenvalue weighted by atomic mass is 14.9. The molecule has 0 radical (unpaired) electrons. The van der Waals surface area contributed by atoms with E-state index in [2.05, 4.69) is 12.2 Å². The molecule has 0 aliphatic heterocycles. The van der Waals surface area contributed by atoms with Crippen LogP contribution in [0.4, 0.5) is 0 Å². The van der Waals surface area contributed by atoms with Gasteiger partial charge in [0.05, 0.1) is 0 Å². The standard InChI is InChI=1S/C9H21N3/c1-8(11)7-9(2)12-6-4-3-5-10/h7,9,12H,3-6,10-11H2,1-2H3/b8-7+. The maximum Gasteiger partial charge on any atom is 0.0241 e. The zero-order chi connectivity index (χ0) is 9.40. The van der Waals surface area contributed by atoms with E-state index >= 15 is 0 Å². The molecule has 0 saturated carbocycles. The van der Waals surface area contributed by atoms with Crippen LogP contribution in [0.2, 0.25) is 0 Å². The van der Waals surface area contributed by atoms with E-state index in [9.17, 15) is 0 Å². The molecule has 3 heteroatoms. The quantitative estimate of drug-likeness (QED) is 0.512. The number of allylic oxidation sites excluding steroid dienone is 1. The summed E-state index contributed by atoms with van der Waals surface area (Å²) >= 11 is 0.